The number of imidazole rings is 1. The van der Waals surface area contributed by atoms with Gasteiger partial charge in [-0.2, -0.15) is 0 Å². The molecule has 1 fully saturated rings. The van der Waals surface area contributed by atoms with E-state index in [1.807, 2.05) is 24.4 Å². The van der Waals surface area contributed by atoms with Crippen LogP contribution < -0.4 is 10.1 Å². The lowest BCUT2D eigenvalue weighted by atomic mass is 9.95. The van der Waals surface area contributed by atoms with E-state index in [0.717, 1.165) is 22.9 Å². The first-order valence-electron chi connectivity index (χ1n) is 7.72. The number of aryl methyl sites for hydroxylation is 1. The van der Waals surface area contributed by atoms with Crippen molar-refractivity contribution in [3.05, 3.63) is 36.2 Å². The van der Waals surface area contributed by atoms with Gasteiger partial charge in [-0.25, -0.2) is 4.98 Å². The Morgan fingerprint density at radius 1 is 1.24 bits per heavy atom. The molecule has 2 aromatic rings. The zero-order valence-electron chi connectivity index (χ0n) is 12.8. The van der Waals surface area contributed by atoms with Crippen molar-refractivity contribution >= 4 is 11.6 Å². The van der Waals surface area contributed by atoms with Crippen LogP contribution in [0.2, 0.25) is 0 Å². The molecule has 3 rings (SSSR count). The molecule has 21 heavy (non-hydrogen) atoms. The predicted octanol–water partition coefficient (Wildman–Crippen LogP) is 4.45. The van der Waals surface area contributed by atoms with Gasteiger partial charge in [-0.3, -0.25) is 0 Å². The van der Waals surface area contributed by atoms with Crippen LogP contribution >= 0.6 is 0 Å². The smallest absolute Gasteiger partial charge is 0.207 e. The molecule has 0 atom stereocenters. The van der Waals surface area contributed by atoms with Crippen LogP contribution in [0.25, 0.3) is 0 Å². The number of rotatable bonds is 4. The summed E-state index contributed by atoms with van der Waals surface area (Å²) >= 11 is 0. The third-order valence-corrected chi connectivity index (χ3v) is 4.32. The number of aromatic nitrogens is 2. The lowest BCUT2D eigenvalue weighted by molar-refractivity contribution is 0.356. The Balaban J connectivity index is 1.80. The molecule has 112 valence electrons. The van der Waals surface area contributed by atoms with E-state index < -0.39 is 0 Å². The zero-order chi connectivity index (χ0) is 14.7. The number of methoxy groups -OCH3 is 1. The summed E-state index contributed by atoms with van der Waals surface area (Å²) in [5, 5.41) is 3.47. The lowest BCUT2D eigenvalue weighted by Gasteiger charge is -2.25. The zero-order valence-corrected chi connectivity index (χ0v) is 12.8. The van der Waals surface area contributed by atoms with E-state index in [1.165, 1.54) is 32.1 Å². The molecule has 0 amide bonds. The largest absolute Gasteiger partial charge is 0.497 e. The van der Waals surface area contributed by atoms with Crippen molar-refractivity contribution in [1.29, 1.82) is 0 Å². The number of hydrogen-bond acceptors (Lipinski definition) is 3. The first-order valence-corrected chi connectivity index (χ1v) is 7.72. The normalized spacial score (nSPS) is 15.9. The maximum absolute atomic E-state index is 5.26. The number of ether oxygens (including phenoxy) is 1. The predicted molar refractivity (Wildman–Crippen MR) is 85.4 cm³/mol. The van der Waals surface area contributed by atoms with Crippen LogP contribution in [0.15, 0.2) is 30.6 Å². The minimum Gasteiger partial charge on any atom is -0.497 e. The van der Waals surface area contributed by atoms with Gasteiger partial charge in [0.05, 0.1) is 7.11 Å². The second-order valence-electron chi connectivity index (χ2n) is 5.76. The highest BCUT2D eigenvalue weighted by Crippen LogP contribution is 2.31. The van der Waals surface area contributed by atoms with Crippen LogP contribution in [-0.4, -0.2) is 16.7 Å². The summed E-state index contributed by atoms with van der Waals surface area (Å²) in [6, 6.07) is 6.65. The van der Waals surface area contributed by atoms with Crippen molar-refractivity contribution in [2.24, 2.45) is 0 Å². The molecule has 1 saturated carbocycles. The Labute approximate surface area is 126 Å². The van der Waals surface area contributed by atoms with Crippen LogP contribution in [0.3, 0.4) is 0 Å². The summed E-state index contributed by atoms with van der Waals surface area (Å²) in [6.07, 6.45) is 10.5. The minimum atomic E-state index is 0.585. The van der Waals surface area contributed by atoms with Crippen LogP contribution in [0.4, 0.5) is 11.6 Å². The summed E-state index contributed by atoms with van der Waals surface area (Å²) in [5.41, 5.74) is 2.24. The number of nitrogens with zero attached hydrogens (tertiary/aromatic N) is 2. The average molecular weight is 285 g/mol. The highest BCUT2D eigenvalue weighted by molar-refractivity contribution is 5.60. The van der Waals surface area contributed by atoms with Crippen LogP contribution in [0.5, 0.6) is 5.75 Å². The fourth-order valence-electron chi connectivity index (χ4n) is 3.09. The molecule has 4 nitrogen and oxygen atoms in total. The molecular formula is C17H23N3O. The van der Waals surface area contributed by atoms with Crippen LogP contribution in [-0.2, 0) is 0 Å². The summed E-state index contributed by atoms with van der Waals surface area (Å²) in [6.45, 7) is 2.08. The van der Waals surface area contributed by atoms with E-state index in [4.69, 9.17) is 4.74 Å². The SMILES string of the molecule is COc1ccc(Nc2nccn2C2CCCCC2)c(C)c1. The van der Waals surface area contributed by atoms with Crippen molar-refractivity contribution in [1.82, 2.24) is 9.55 Å². The van der Waals surface area contributed by atoms with Gasteiger partial charge >= 0.3 is 0 Å². The topological polar surface area (TPSA) is 39.1 Å². The standard InChI is InChI=1S/C17H23N3O/c1-13-12-15(21-2)8-9-16(13)19-17-18-10-11-20(17)14-6-4-3-5-7-14/h8-12,14H,3-7H2,1-2H3,(H,18,19). The molecule has 0 bridgehead atoms. The number of hydrogen-bond donors (Lipinski definition) is 1. The Hall–Kier alpha value is -1.97. The van der Waals surface area contributed by atoms with Crippen LogP contribution in [0, 0.1) is 6.92 Å². The Kier molecular flexibility index (Phi) is 4.13. The van der Waals surface area contributed by atoms with Gasteiger partial charge in [0.2, 0.25) is 5.95 Å². The van der Waals surface area contributed by atoms with Crippen LogP contribution in [0.1, 0.15) is 43.7 Å². The summed E-state index contributed by atoms with van der Waals surface area (Å²) < 4.78 is 7.55. The molecule has 1 aromatic heterocycles. The molecule has 4 heteroatoms. The second kappa shape index (κ2) is 6.20. The maximum atomic E-state index is 5.26. The molecule has 0 saturated heterocycles. The van der Waals surface area contributed by atoms with E-state index in [1.54, 1.807) is 7.11 Å². The van der Waals surface area contributed by atoms with E-state index in [9.17, 15) is 0 Å². The fourth-order valence-corrected chi connectivity index (χ4v) is 3.09. The third kappa shape index (κ3) is 3.04. The van der Waals surface area contributed by atoms with Gasteiger partial charge in [-0.1, -0.05) is 19.3 Å². The van der Waals surface area contributed by atoms with E-state index in [2.05, 4.69) is 28.0 Å². The number of nitrogens with one attached hydrogen (secondary N) is 1. The summed E-state index contributed by atoms with van der Waals surface area (Å²) in [4.78, 5) is 4.49. The highest BCUT2D eigenvalue weighted by atomic mass is 16.5. The summed E-state index contributed by atoms with van der Waals surface area (Å²) in [5.74, 6) is 1.82. The molecular weight excluding hydrogens is 262 g/mol. The van der Waals surface area contributed by atoms with Crippen molar-refractivity contribution < 1.29 is 4.74 Å². The van der Waals surface area contributed by atoms with Crippen molar-refractivity contribution in [3.8, 4) is 5.75 Å². The molecule has 1 aliphatic rings. The molecule has 1 heterocycles. The van der Waals surface area contributed by atoms with Gasteiger partial charge in [0.15, 0.2) is 0 Å². The van der Waals surface area contributed by atoms with E-state index in [0.29, 0.717) is 6.04 Å². The van der Waals surface area contributed by atoms with Crippen molar-refractivity contribution in [2.75, 3.05) is 12.4 Å². The van der Waals surface area contributed by atoms with Crippen molar-refractivity contribution in [3.63, 3.8) is 0 Å². The molecule has 0 spiro atoms. The third-order valence-electron chi connectivity index (χ3n) is 4.32. The molecule has 0 radical (unpaired) electrons. The fraction of sp³-hybridized carbons (Fsp3) is 0.471. The quantitative estimate of drug-likeness (QED) is 0.902. The maximum Gasteiger partial charge on any atom is 0.207 e. The van der Waals surface area contributed by atoms with Gasteiger partial charge in [0.25, 0.3) is 0 Å². The lowest BCUT2D eigenvalue weighted by Crippen LogP contribution is -2.14. The Bertz CT molecular complexity index is 600. The molecule has 1 aromatic carbocycles. The van der Waals surface area contributed by atoms with E-state index in [-0.39, 0.29) is 0 Å². The summed E-state index contributed by atoms with van der Waals surface area (Å²) in [7, 11) is 1.69. The monoisotopic (exact) mass is 285 g/mol. The van der Waals surface area contributed by atoms with Gasteiger partial charge < -0.3 is 14.6 Å². The van der Waals surface area contributed by atoms with Gasteiger partial charge in [0, 0.05) is 24.1 Å². The minimum absolute atomic E-state index is 0.585. The Morgan fingerprint density at radius 2 is 2.05 bits per heavy atom. The van der Waals surface area contributed by atoms with Crippen molar-refractivity contribution in [2.45, 2.75) is 45.1 Å². The highest BCUT2D eigenvalue weighted by Gasteiger charge is 2.18. The first-order chi connectivity index (χ1) is 10.3. The molecule has 1 N–H and O–H groups in total. The van der Waals surface area contributed by atoms with Gasteiger partial charge in [0.1, 0.15) is 5.75 Å². The molecule has 1 aliphatic carbocycles. The first kappa shape index (κ1) is 14.0. The number of benzene rings is 1. The van der Waals surface area contributed by atoms with Gasteiger partial charge in [-0.05, 0) is 43.5 Å². The molecule has 0 unspecified atom stereocenters. The Morgan fingerprint density at radius 3 is 2.76 bits per heavy atom. The number of anilines is 2. The van der Waals surface area contributed by atoms with E-state index >= 15 is 0 Å². The molecule has 0 aliphatic heterocycles. The van der Waals surface area contributed by atoms with Gasteiger partial charge in [-0.15, -0.1) is 0 Å². The average Bonchev–Trinajstić information content (AvgIpc) is 2.98. The second-order valence-corrected chi connectivity index (χ2v) is 5.76.